The first-order valence-corrected chi connectivity index (χ1v) is 11.6. The summed E-state index contributed by atoms with van der Waals surface area (Å²) in [5.74, 6) is -1.32. The van der Waals surface area contributed by atoms with Gasteiger partial charge in [0.2, 0.25) is 0 Å². The zero-order valence-corrected chi connectivity index (χ0v) is 20.5. The molecule has 7 nitrogen and oxygen atoms in total. The second-order valence-electron chi connectivity index (χ2n) is 9.26. The minimum absolute atomic E-state index is 0.107. The Hall–Kier alpha value is -3.66. The molecule has 0 radical (unpaired) electrons. The molecule has 2 atom stereocenters. The van der Waals surface area contributed by atoms with Gasteiger partial charge in [0.05, 0.1) is 16.9 Å². The highest BCUT2D eigenvalue weighted by Gasteiger charge is 2.27. The third-order valence-corrected chi connectivity index (χ3v) is 6.19. The Bertz CT molecular complexity index is 1330. The largest absolute Gasteiger partial charge is 0.367 e. The first-order valence-electron chi connectivity index (χ1n) is 11.6. The Labute approximate surface area is 207 Å². The molecule has 1 saturated heterocycles. The van der Waals surface area contributed by atoms with Gasteiger partial charge in [-0.05, 0) is 39.0 Å². The number of hydrogen-bond donors (Lipinski definition) is 2. The highest BCUT2D eigenvalue weighted by Crippen LogP contribution is 2.35. The Morgan fingerprint density at radius 3 is 2.47 bits per heavy atom. The van der Waals surface area contributed by atoms with E-state index in [0.29, 0.717) is 24.3 Å². The van der Waals surface area contributed by atoms with Crippen LogP contribution in [0.15, 0.2) is 47.5 Å². The molecule has 190 valence electrons. The van der Waals surface area contributed by atoms with E-state index < -0.39 is 29.3 Å². The molecule has 1 aliphatic heterocycles. The molecule has 2 N–H and O–H groups in total. The number of carbonyl (C=O) groups is 1. The molecule has 10 heteroatoms. The van der Waals surface area contributed by atoms with Crippen molar-refractivity contribution in [3.05, 3.63) is 75.7 Å². The van der Waals surface area contributed by atoms with E-state index in [-0.39, 0.29) is 28.9 Å². The number of amides is 1. The van der Waals surface area contributed by atoms with E-state index in [0.717, 1.165) is 22.5 Å². The third kappa shape index (κ3) is 5.28. The summed E-state index contributed by atoms with van der Waals surface area (Å²) >= 11 is 0. The molecule has 1 amide bonds. The predicted octanol–water partition coefficient (Wildman–Crippen LogP) is 4.27. The van der Waals surface area contributed by atoms with Crippen molar-refractivity contribution < 1.29 is 18.0 Å². The standard InChI is InChI=1S/C26H28F3N5O2/c1-14-5-6-17(10-30-14)18-7-22(23(9-21(18)27)34-11-15(2)31-16(3)12-34)32-26(36)20-13-33(4)24(35)8-19(20)25(28)29/h5-10,13,15-16,25,31H,11-12H2,1-4H3,(H,32,36)/t15-,16+. The number of anilines is 2. The molecular formula is C26H28F3N5O2. The van der Waals surface area contributed by atoms with Crippen molar-refractivity contribution in [2.45, 2.75) is 39.3 Å². The SMILES string of the molecule is Cc1ccc(-c2cc(NC(=O)c3cn(C)c(=O)cc3C(F)F)c(N3C[C@@H](C)N[C@@H](C)C3)cc2F)cn1. The molecule has 0 unspecified atom stereocenters. The maximum absolute atomic E-state index is 15.4. The summed E-state index contributed by atoms with van der Waals surface area (Å²) in [6.45, 7) is 6.93. The Morgan fingerprint density at radius 2 is 1.86 bits per heavy atom. The van der Waals surface area contributed by atoms with Gasteiger partial charge in [-0.1, -0.05) is 6.07 Å². The number of nitrogens with one attached hydrogen (secondary N) is 2. The van der Waals surface area contributed by atoms with Gasteiger partial charge in [0.1, 0.15) is 5.82 Å². The Balaban J connectivity index is 1.81. The summed E-state index contributed by atoms with van der Waals surface area (Å²) in [4.78, 5) is 31.3. The molecule has 1 aliphatic rings. The minimum Gasteiger partial charge on any atom is -0.367 e. The van der Waals surface area contributed by atoms with Crippen LogP contribution in [0.1, 0.15) is 41.9 Å². The maximum Gasteiger partial charge on any atom is 0.264 e. The van der Waals surface area contributed by atoms with Gasteiger partial charge < -0.3 is 20.1 Å². The molecule has 2 aromatic heterocycles. The first kappa shape index (κ1) is 25.4. The molecule has 0 saturated carbocycles. The lowest BCUT2D eigenvalue weighted by atomic mass is 10.0. The van der Waals surface area contributed by atoms with Crippen molar-refractivity contribution in [3.8, 4) is 11.1 Å². The summed E-state index contributed by atoms with van der Waals surface area (Å²) < 4.78 is 43.8. The molecule has 0 bridgehead atoms. The van der Waals surface area contributed by atoms with Gasteiger partial charge in [-0.3, -0.25) is 14.6 Å². The van der Waals surface area contributed by atoms with E-state index in [2.05, 4.69) is 15.6 Å². The Morgan fingerprint density at radius 1 is 1.17 bits per heavy atom. The molecule has 1 fully saturated rings. The predicted molar refractivity (Wildman–Crippen MR) is 133 cm³/mol. The number of rotatable bonds is 5. The van der Waals surface area contributed by atoms with Crippen LogP contribution in [0.4, 0.5) is 24.5 Å². The topological polar surface area (TPSA) is 79.3 Å². The van der Waals surface area contributed by atoms with Gasteiger partial charge in [-0.2, -0.15) is 0 Å². The zero-order chi connectivity index (χ0) is 26.1. The van der Waals surface area contributed by atoms with E-state index in [1.807, 2.05) is 25.7 Å². The summed E-state index contributed by atoms with van der Waals surface area (Å²) in [5.41, 5.74) is 0.560. The van der Waals surface area contributed by atoms with E-state index in [9.17, 15) is 18.4 Å². The van der Waals surface area contributed by atoms with Gasteiger partial charge in [-0.25, -0.2) is 13.2 Å². The second-order valence-corrected chi connectivity index (χ2v) is 9.26. The highest BCUT2D eigenvalue weighted by molar-refractivity contribution is 6.07. The zero-order valence-electron chi connectivity index (χ0n) is 20.5. The highest BCUT2D eigenvalue weighted by atomic mass is 19.3. The van der Waals surface area contributed by atoms with Crippen molar-refractivity contribution in [1.82, 2.24) is 14.9 Å². The van der Waals surface area contributed by atoms with Crippen molar-refractivity contribution in [1.29, 1.82) is 0 Å². The van der Waals surface area contributed by atoms with Crippen molar-refractivity contribution in [2.24, 2.45) is 7.05 Å². The molecular weight excluding hydrogens is 471 g/mol. The van der Waals surface area contributed by atoms with Crippen molar-refractivity contribution in [3.63, 3.8) is 0 Å². The number of benzene rings is 1. The number of nitrogens with zero attached hydrogens (tertiary/aromatic N) is 3. The normalized spacial score (nSPS) is 17.9. The van der Waals surface area contributed by atoms with E-state index >= 15 is 4.39 Å². The average molecular weight is 500 g/mol. The smallest absolute Gasteiger partial charge is 0.264 e. The van der Waals surface area contributed by atoms with Gasteiger partial charge in [0, 0.05) is 73.1 Å². The fraction of sp³-hybridized carbons (Fsp3) is 0.346. The van der Waals surface area contributed by atoms with Crippen LogP contribution in [-0.4, -0.2) is 40.6 Å². The van der Waals surface area contributed by atoms with E-state index in [1.54, 1.807) is 12.1 Å². The van der Waals surface area contributed by atoms with Gasteiger partial charge >= 0.3 is 0 Å². The molecule has 3 aromatic rings. The van der Waals surface area contributed by atoms with Crippen molar-refractivity contribution in [2.75, 3.05) is 23.3 Å². The van der Waals surface area contributed by atoms with Gasteiger partial charge in [0.15, 0.2) is 0 Å². The number of aromatic nitrogens is 2. The number of piperazine rings is 1. The average Bonchev–Trinajstić information content (AvgIpc) is 2.81. The summed E-state index contributed by atoms with van der Waals surface area (Å²) in [6, 6.07) is 7.29. The van der Waals surface area contributed by atoms with Crippen LogP contribution in [0.2, 0.25) is 0 Å². The number of hydrogen-bond acceptors (Lipinski definition) is 5. The second kappa shape index (κ2) is 10.1. The van der Waals surface area contributed by atoms with Gasteiger partial charge in [-0.15, -0.1) is 0 Å². The lowest BCUT2D eigenvalue weighted by Crippen LogP contribution is -2.54. The van der Waals surface area contributed by atoms with Crippen LogP contribution in [0, 0.1) is 12.7 Å². The lowest BCUT2D eigenvalue weighted by Gasteiger charge is -2.38. The summed E-state index contributed by atoms with van der Waals surface area (Å²) in [6.07, 6.45) is -0.394. The van der Waals surface area contributed by atoms with Crippen LogP contribution in [0.5, 0.6) is 0 Å². The summed E-state index contributed by atoms with van der Waals surface area (Å²) in [5, 5.41) is 6.11. The fourth-order valence-corrected chi connectivity index (χ4v) is 4.50. The number of carbonyl (C=O) groups excluding carboxylic acids is 1. The fourth-order valence-electron chi connectivity index (χ4n) is 4.50. The number of alkyl halides is 2. The van der Waals surface area contributed by atoms with E-state index in [1.165, 1.54) is 25.4 Å². The Kier molecular flexibility index (Phi) is 7.16. The van der Waals surface area contributed by atoms with Crippen LogP contribution in [-0.2, 0) is 7.05 Å². The molecule has 1 aromatic carbocycles. The van der Waals surface area contributed by atoms with Crippen LogP contribution in [0.3, 0.4) is 0 Å². The number of pyridine rings is 2. The van der Waals surface area contributed by atoms with Crippen molar-refractivity contribution >= 4 is 17.3 Å². The minimum atomic E-state index is -3.02. The van der Waals surface area contributed by atoms with Gasteiger partial charge in [0.25, 0.3) is 17.9 Å². The lowest BCUT2D eigenvalue weighted by molar-refractivity contribution is 0.101. The summed E-state index contributed by atoms with van der Waals surface area (Å²) in [7, 11) is 1.38. The molecule has 0 aliphatic carbocycles. The third-order valence-electron chi connectivity index (χ3n) is 6.19. The molecule has 4 rings (SSSR count). The number of halogens is 3. The monoisotopic (exact) mass is 499 g/mol. The first-order chi connectivity index (χ1) is 17.0. The van der Waals surface area contributed by atoms with Crippen LogP contribution < -0.4 is 21.1 Å². The molecule has 36 heavy (non-hydrogen) atoms. The molecule has 3 heterocycles. The number of aryl methyl sites for hydroxylation is 2. The molecule has 0 spiro atoms. The van der Waals surface area contributed by atoms with Crippen LogP contribution in [0.25, 0.3) is 11.1 Å². The quantitative estimate of drug-likeness (QED) is 0.548. The van der Waals surface area contributed by atoms with E-state index in [4.69, 9.17) is 0 Å². The maximum atomic E-state index is 15.4. The van der Waals surface area contributed by atoms with Crippen LogP contribution >= 0.6 is 0 Å².